The van der Waals surface area contributed by atoms with E-state index in [1.807, 2.05) is 0 Å². The van der Waals surface area contributed by atoms with Crippen molar-refractivity contribution >= 4 is 22.6 Å². The fourth-order valence-electron chi connectivity index (χ4n) is 1.80. The number of nitro benzene ring substituents is 1. The van der Waals surface area contributed by atoms with Crippen molar-refractivity contribution in [1.82, 2.24) is 4.98 Å². The maximum atomic E-state index is 11.3. The number of fused-ring (bicyclic) bond motifs is 1. The Morgan fingerprint density at radius 2 is 2.06 bits per heavy atom. The van der Waals surface area contributed by atoms with Crippen LogP contribution < -0.4 is 5.56 Å². The molecular formula is C11H8N2O5. The van der Waals surface area contributed by atoms with Gasteiger partial charge in [-0.1, -0.05) is 0 Å². The number of H-pyrrole nitrogens is 1. The van der Waals surface area contributed by atoms with E-state index in [1.54, 1.807) is 6.92 Å². The Morgan fingerprint density at radius 1 is 1.39 bits per heavy atom. The molecule has 18 heavy (non-hydrogen) atoms. The van der Waals surface area contributed by atoms with Crippen LogP contribution in [0.2, 0.25) is 0 Å². The first-order chi connectivity index (χ1) is 8.40. The summed E-state index contributed by atoms with van der Waals surface area (Å²) in [5, 5.41) is 19.9. The van der Waals surface area contributed by atoms with Gasteiger partial charge in [-0.3, -0.25) is 14.9 Å². The van der Waals surface area contributed by atoms with Gasteiger partial charge in [-0.2, -0.15) is 0 Å². The van der Waals surface area contributed by atoms with E-state index in [0.29, 0.717) is 11.1 Å². The van der Waals surface area contributed by atoms with E-state index in [-0.39, 0.29) is 16.6 Å². The number of carboxylic acids is 1. The average Bonchev–Trinajstić information content (AvgIpc) is 2.28. The first kappa shape index (κ1) is 11.8. The number of benzene rings is 1. The third kappa shape index (κ3) is 1.81. The molecule has 0 aliphatic rings. The highest BCUT2D eigenvalue weighted by molar-refractivity contribution is 6.03. The lowest BCUT2D eigenvalue weighted by Gasteiger charge is -2.05. The zero-order valence-corrected chi connectivity index (χ0v) is 9.26. The predicted molar refractivity (Wildman–Crippen MR) is 62.9 cm³/mol. The summed E-state index contributed by atoms with van der Waals surface area (Å²) >= 11 is 0. The van der Waals surface area contributed by atoms with Gasteiger partial charge in [-0.15, -0.1) is 0 Å². The van der Waals surface area contributed by atoms with Crippen LogP contribution in [0.1, 0.15) is 15.9 Å². The largest absolute Gasteiger partial charge is 0.478 e. The van der Waals surface area contributed by atoms with Crippen LogP contribution in [0.25, 0.3) is 10.9 Å². The fourth-order valence-corrected chi connectivity index (χ4v) is 1.80. The summed E-state index contributed by atoms with van der Waals surface area (Å²) in [6.45, 7) is 1.57. The number of nitro groups is 1. The summed E-state index contributed by atoms with van der Waals surface area (Å²) < 4.78 is 0. The number of aryl methyl sites for hydroxylation is 1. The molecule has 2 N–H and O–H groups in total. The minimum atomic E-state index is -1.30. The van der Waals surface area contributed by atoms with Crippen LogP contribution >= 0.6 is 0 Å². The van der Waals surface area contributed by atoms with Gasteiger partial charge < -0.3 is 10.1 Å². The van der Waals surface area contributed by atoms with Gasteiger partial charge in [0, 0.05) is 23.6 Å². The second-order valence-corrected chi connectivity index (χ2v) is 3.79. The topological polar surface area (TPSA) is 113 Å². The SMILES string of the molecule is Cc1cc([N+](=O)[O-])cc2c(C(=O)O)cc(=O)[nH]c12. The standard InChI is InChI=1S/C11H8N2O5/c1-5-2-6(13(17)18)3-7-8(11(15)16)4-9(14)12-10(5)7/h2-4H,1H3,(H,12,14)(H,15,16). The molecular weight excluding hydrogens is 240 g/mol. The smallest absolute Gasteiger partial charge is 0.336 e. The van der Waals surface area contributed by atoms with E-state index in [9.17, 15) is 19.7 Å². The lowest BCUT2D eigenvalue weighted by Crippen LogP contribution is -2.11. The van der Waals surface area contributed by atoms with Crippen molar-refractivity contribution in [2.45, 2.75) is 6.92 Å². The van der Waals surface area contributed by atoms with E-state index >= 15 is 0 Å². The molecule has 7 heteroatoms. The fraction of sp³-hybridized carbons (Fsp3) is 0.0909. The maximum Gasteiger partial charge on any atom is 0.336 e. The highest BCUT2D eigenvalue weighted by atomic mass is 16.6. The van der Waals surface area contributed by atoms with Gasteiger partial charge in [0.25, 0.3) is 5.69 Å². The molecule has 0 atom stereocenters. The highest BCUT2D eigenvalue weighted by Crippen LogP contribution is 2.25. The summed E-state index contributed by atoms with van der Waals surface area (Å²) in [5.41, 5.74) is -0.281. The first-order valence-electron chi connectivity index (χ1n) is 4.95. The summed E-state index contributed by atoms with van der Waals surface area (Å²) in [6.07, 6.45) is 0. The molecule has 92 valence electrons. The van der Waals surface area contributed by atoms with Gasteiger partial charge in [0.05, 0.1) is 16.0 Å². The van der Waals surface area contributed by atoms with Crippen molar-refractivity contribution in [2.75, 3.05) is 0 Å². The van der Waals surface area contributed by atoms with E-state index in [1.165, 1.54) is 6.07 Å². The number of nitrogens with one attached hydrogen (secondary N) is 1. The van der Waals surface area contributed by atoms with Crippen LogP contribution in [0.3, 0.4) is 0 Å². The van der Waals surface area contributed by atoms with E-state index in [2.05, 4.69) is 4.98 Å². The number of aromatic nitrogens is 1. The van der Waals surface area contributed by atoms with E-state index in [0.717, 1.165) is 12.1 Å². The molecule has 1 aromatic carbocycles. The quantitative estimate of drug-likeness (QED) is 0.616. The Balaban J connectivity index is 2.97. The molecule has 0 radical (unpaired) electrons. The summed E-state index contributed by atoms with van der Waals surface area (Å²) in [4.78, 5) is 35.0. The number of pyridine rings is 1. The average molecular weight is 248 g/mol. The Hall–Kier alpha value is -2.70. The number of nitrogens with zero attached hydrogens (tertiary/aromatic N) is 1. The molecule has 0 amide bonds. The summed E-state index contributed by atoms with van der Waals surface area (Å²) in [7, 11) is 0. The van der Waals surface area contributed by atoms with Gasteiger partial charge in [0.1, 0.15) is 0 Å². The third-order valence-corrected chi connectivity index (χ3v) is 2.58. The van der Waals surface area contributed by atoms with Gasteiger partial charge in [-0.05, 0) is 12.5 Å². The maximum absolute atomic E-state index is 11.3. The lowest BCUT2D eigenvalue weighted by atomic mass is 10.0. The van der Waals surface area contributed by atoms with Crippen molar-refractivity contribution in [1.29, 1.82) is 0 Å². The minimum Gasteiger partial charge on any atom is -0.478 e. The summed E-state index contributed by atoms with van der Waals surface area (Å²) in [5.74, 6) is -1.30. The molecule has 0 fully saturated rings. The third-order valence-electron chi connectivity index (χ3n) is 2.58. The van der Waals surface area contributed by atoms with Crippen LogP contribution in [-0.4, -0.2) is 21.0 Å². The van der Waals surface area contributed by atoms with Crippen molar-refractivity contribution in [3.8, 4) is 0 Å². The summed E-state index contributed by atoms with van der Waals surface area (Å²) in [6, 6.07) is 3.33. The van der Waals surface area contributed by atoms with Crippen LogP contribution in [0.15, 0.2) is 23.0 Å². The number of hydrogen-bond donors (Lipinski definition) is 2. The molecule has 0 aliphatic heterocycles. The minimum absolute atomic E-state index is 0.147. The second kappa shape index (κ2) is 3.95. The van der Waals surface area contributed by atoms with E-state index in [4.69, 9.17) is 5.11 Å². The van der Waals surface area contributed by atoms with Crippen molar-refractivity contribution < 1.29 is 14.8 Å². The number of aromatic amines is 1. The molecule has 0 spiro atoms. The number of carbonyl (C=O) groups is 1. The molecule has 7 nitrogen and oxygen atoms in total. The molecule has 0 aliphatic carbocycles. The van der Waals surface area contributed by atoms with Gasteiger partial charge in [-0.25, -0.2) is 4.79 Å². The Labute approximate surface area is 99.8 Å². The Morgan fingerprint density at radius 3 is 2.61 bits per heavy atom. The second-order valence-electron chi connectivity index (χ2n) is 3.79. The molecule has 0 saturated carbocycles. The molecule has 2 rings (SSSR count). The normalized spacial score (nSPS) is 10.5. The number of rotatable bonds is 2. The van der Waals surface area contributed by atoms with Crippen molar-refractivity contribution in [3.05, 3.63) is 49.8 Å². The molecule has 0 unspecified atom stereocenters. The first-order valence-corrected chi connectivity index (χ1v) is 4.95. The lowest BCUT2D eigenvalue weighted by molar-refractivity contribution is -0.384. The number of aromatic carboxylic acids is 1. The van der Waals surface area contributed by atoms with Crippen molar-refractivity contribution in [2.24, 2.45) is 0 Å². The number of non-ortho nitro benzene ring substituents is 1. The van der Waals surface area contributed by atoms with Crippen LogP contribution in [-0.2, 0) is 0 Å². The Kier molecular flexibility index (Phi) is 2.59. The molecule has 2 aromatic rings. The van der Waals surface area contributed by atoms with Crippen LogP contribution in [0.4, 0.5) is 5.69 Å². The predicted octanol–water partition coefficient (Wildman–Crippen LogP) is 1.44. The monoisotopic (exact) mass is 248 g/mol. The zero-order valence-electron chi connectivity index (χ0n) is 9.26. The Bertz CT molecular complexity index is 732. The number of carboxylic acid groups (broad SMARTS) is 1. The number of hydrogen-bond acceptors (Lipinski definition) is 4. The molecule has 0 saturated heterocycles. The molecule has 0 bridgehead atoms. The van der Waals surface area contributed by atoms with Crippen LogP contribution in [0.5, 0.6) is 0 Å². The van der Waals surface area contributed by atoms with E-state index < -0.39 is 16.5 Å². The van der Waals surface area contributed by atoms with Gasteiger partial charge in [0.15, 0.2) is 0 Å². The molecule has 1 aromatic heterocycles. The molecule has 1 heterocycles. The van der Waals surface area contributed by atoms with Gasteiger partial charge in [0.2, 0.25) is 5.56 Å². The highest BCUT2D eigenvalue weighted by Gasteiger charge is 2.16. The zero-order chi connectivity index (χ0) is 13.4. The van der Waals surface area contributed by atoms with Crippen molar-refractivity contribution in [3.63, 3.8) is 0 Å². The van der Waals surface area contributed by atoms with Gasteiger partial charge >= 0.3 is 5.97 Å². The van der Waals surface area contributed by atoms with Crippen LogP contribution in [0, 0.1) is 17.0 Å².